The van der Waals surface area contributed by atoms with Gasteiger partial charge in [0.15, 0.2) is 11.5 Å². The van der Waals surface area contributed by atoms with Gasteiger partial charge in [0.05, 0.1) is 23.3 Å². The molecule has 0 bridgehead atoms. The van der Waals surface area contributed by atoms with Crippen LogP contribution in [0.4, 0.5) is 0 Å². The summed E-state index contributed by atoms with van der Waals surface area (Å²) in [5.74, 6) is 0.0453. The predicted octanol–water partition coefficient (Wildman–Crippen LogP) is 5.74. The molecule has 0 spiro atoms. The Morgan fingerprint density at radius 2 is 2.00 bits per heavy atom. The highest BCUT2D eigenvalue weighted by molar-refractivity contribution is 6.06. The molecule has 4 aromatic rings. The Kier molecular flexibility index (Phi) is 4.15. The maximum Gasteiger partial charge on any atom is 0.336 e. The average molecular weight is 399 g/mol. The van der Waals surface area contributed by atoms with E-state index in [-0.39, 0.29) is 12.1 Å². The van der Waals surface area contributed by atoms with Crippen LogP contribution in [0.2, 0.25) is 0 Å². The molecule has 0 aliphatic heterocycles. The molecule has 1 aliphatic rings. The summed E-state index contributed by atoms with van der Waals surface area (Å²) < 4.78 is 6.11. The molecule has 2 aromatic carbocycles. The van der Waals surface area contributed by atoms with E-state index in [1.807, 2.05) is 25.1 Å². The monoisotopic (exact) mass is 399 g/mol. The lowest BCUT2D eigenvalue weighted by molar-refractivity contribution is 0.0697. The molecule has 8 heteroatoms. The summed E-state index contributed by atoms with van der Waals surface area (Å²) in [6.07, 6.45) is 2.11. The largest absolute Gasteiger partial charge is 0.478 e. The molecule has 30 heavy (non-hydrogen) atoms. The van der Waals surface area contributed by atoms with Gasteiger partial charge in [-0.25, -0.2) is 14.8 Å². The van der Waals surface area contributed by atoms with Crippen molar-refractivity contribution in [1.82, 2.24) is 9.97 Å². The van der Waals surface area contributed by atoms with Gasteiger partial charge in [0, 0.05) is 16.2 Å². The van der Waals surface area contributed by atoms with E-state index in [1.165, 1.54) is 0 Å². The molecule has 1 saturated carbocycles. The smallest absolute Gasteiger partial charge is 0.336 e. The second-order valence-corrected chi connectivity index (χ2v) is 7.44. The molecular formula is C22H17N5O3. The van der Waals surface area contributed by atoms with Gasteiger partial charge in [-0.2, -0.15) is 0 Å². The Morgan fingerprint density at radius 1 is 1.20 bits per heavy atom. The number of oxazole rings is 1. The van der Waals surface area contributed by atoms with Crippen molar-refractivity contribution in [2.75, 3.05) is 0 Å². The van der Waals surface area contributed by atoms with E-state index in [0.717, 1.165) is 29.4 Å². The lowest BCUT2D eigenvalue weighted by Gasteiger charge is -2.12. The van der Waals surface area contributed by atoms with E-state index in [2.05, 4.69) is 15.0 Å². The van der Waals surface area contributed by atoms with Crippen LogP contribution in [0.1, 0.15) is 46.3 Å². The van der Waals surface area contributed by atoms with Crippen molar-refractivity contribution in [3.8, 4) is 11.1 Å². The number of hydrogen-bond donors (Lipinski definition) is 1. The fourth-order valence-corrected chi connectivity index (χ4v) is 3.84. The van der Waals surface area contributed by atoms with Crippen molar-refractivity contribution < 1.29 is 14.3 Å². The number of aryl methyl sites for hydroxylation is 1. The Bertz CT molecular complexity index is 1380. The second kappa shape index (κ2) is 6.86. The van der Waals surface area contributed by atoms with Gasteiger partial charge in [-0.3, -0.25) is 0 Å². The molecule has 0 atom stereocenters. The maximum atomic E-state index is 11.7. The number of rotatable bonds is 5. The lowest BCUT2D eigenvalue weighted by atomic mass is 9.94. The van der Waals surface area contributed by atoms with Crippen molar-refractivity contribution in [1.29, 1.82) is 0 Å². The molecule has 2 heterocycles. The van der Waals surface area contributed by atoms with Crippen LogP contribution >= 0.6 is 0 Å². The first-order valence-electron chi connectivity index (χ1n) is 9.64. The first-order chi connectivity index (χ1) is 14.6. The van der Waals surface area contributed by atoms with Gasteiger partial charge in [-0.1, -0.05) is 29.4 Å². The van der Waals surface area contributed by atoms with Crippen molar-refractivity contribution in [2.45, 2.75) is 32.2 Å². The van der Waals surface area contributed by atoms with Gasteiger partial charge in [0.1, 0.15) is 5.52 Å². The summed E-state index contributed by atoms with van der Waals surface area (Å²) in [7, 11) is 0. The minimum atomic E-state index is -0.984. The van der Waals surface area contributed by atoms with E-state index in [9.17, 15) is 9.90 Å². The molecule has 1 aliphatic carbocycles. The van der Waals surface area contributed by atoms with E-state index >= 15 is 0 Å². The number of aromatic nitrogens is 2. The molecule has 1 N–H and O–H groups in total. The molecule has 0 saturated heterocycles. The predicted molar refractivity (Wildman–Crippen MR) is 111 cm³/mol. The highest BCUT2D eigenvalue weighted by atomic mass is 16.4. The Balaban J connectivity index is 1.80. The normalized spacial score (nSPS) is 13.5. The van der Waals surface area contributed by atoms with Crippen LogP contribution in [0.25, 0.3) is 43.6 Å². The number of nitrogens with zero attached hydrogens (tertiary/aromatic N) is 5. The number of carboxylic acids is 1. The summed E-state index contributed by atoms with van der Waals surface area (Å²) in [6.45, 7) is 1.97. The van der Waals surface area contributed by atoms with Crippen LogP contribution in [-0.4, -0.2) is 21.0 Å². The summed E-state index contributed by atoms with van der Waals surface area (Å²) in [5, 5.41) is 14.1. The van der Waals surface area contributed by atoms with Crippen LogP contribution in [0.3, 0.4) is 0 Å². The van der Waals surface area contributed by atoms with E-state index in [1.54, 1.807) is 18.2 Å². The van der Waals surface area contributed by atoms with E-state index in [0.29, 0.717) is 39.7 Å². The molecule has 2 aromatic heterocycles. The fraction of sp³-hybridized carbons (Fsp3) is 0.227. The third-order valence-electron chi connectivity index (χ3n) is 5.50. The number of azide groups is 1. The zero-order valence-corrected chi connectivity index (χ0v) is 16.2. The van der Waals surface area contributed by atoms with Crippen LogP contribution in [0, 0.1) is 6.92 Å². The van der Waals surface area contributed by atoms with Crippen molar-refractivity contribution in [3.63, 3.8) is 0 Å². The highest BCUT2D eigenvalue weighted by Gasteiger charge is 2.30. The third kappa shape index (κ3) is 2.86. The van der Waals surface area contributed by atoms with Crippen LogP contribution in [-0.2, 0) is 6.54 Å². The summed E-state index contributed by atoms with van der Waals surface area (Å²) in [5.41, 5.74) is 13.7. The molecule has 5 rings (SSSR count). The fourth-order valence-electron chi connectivity index (χ4n) is 3.84. The SMILES string of the molecule is Cc1c(-c2ccccc2C(=O)O)ccc2c1nc(CN=[N+]=[N-])c1nc(C3CC3)oc12. The van der Waals surface area contributed by atoms with Crippen molar-refractivity contribution in [2.24, 2.45) is 5.11 Å². The topological polar surface area (TPSA) is 125 Å². The van der Waals surface area contributed by atoms with Crippen LogP contribution < -0.4 is 0 Å². The van der Waals surface area contributed by atoms with Crippen molar-refractivity contribution in [3.05, 3.63) is 69.6 Å². The van der Waals surface area contributed by atoms with Gasteiger partial charge in [0.2, 0.25) is 0 Å². The maximum absolute atomic E-state index is 11.7. The molecule has 0 unspecified atom stereocenters. The van der Waals surface area contributed by atoms with Crippen molar-refractivity contribution >= 4 is 28.0 Å². The number of aromatic carboxylic acids is 1. The number of hydrogen-bond acceptors (Lipinski definition) is 5. The second-order valence-electron chi connectivity index (χ2n) is 7.44. The summed E-state index contributed by atoms with van der Waals surface area (Å²) in [6, 6.07) is 10.7. The molecular weight excluding hydrogens is 382 g/mol. The Hall–Kier alpha value is -3.90. The number of fused-ring (bicyclic) bond motifs is 3. The average Bonchev–Trinajstić information content (AvgIpc) is 3.50. The Morgan fingerprint density at radius 3 is 2.73 bits per heavy atom. The first-order valence-corrected chi connectivity index (χ1v) is 9.64. The zero-order valence-electron chi connectivity index (χ0n) is 16.2. The van der Waals surface area contributed by atoms with Gasteiger partial charge in [0.25, 0.3) is 0 Å². The number of carboxylic acid groups (broad SMARTS) is 1. The molecule has 1 fully saturated rings. The molecule has 148 valence electrons. The lowest BCUT2D eigenvalue weighted by Crippen LogP contribution is -2.01. The van der Waals surface area contributed by atoms with Gasteiger partial charge >= 0.3 is 5.97 Å². The van der Waals surface area contributed by atoms with E-state index < -0.39 is 5.97 Å². The number of carbonyl (C=O) groups is 1. The Labute approximate surface area is 170 Å². The minimum Gasteiger partial charge on any atom is -0.478 e. The number of benzene rings is 2. The standard InChI is InChI=1S/C22H17N5O3/c1-11-13(14-4-2-3-5-15(14)22(28)29)8-9-16-18(11)25-17(10-24-27-23)19-20(16)30-21(26-19)12-6-7-12/h2-5,8-9,12H,6-7,10H2,1H3,(H,28,29). The van der Waals surface area contributed by atoms with Gasteiger partial charge < -0.3 is 9.52 Å². The van der Waals surface area contributed by atoms with E-state index in [4.69, 9.17) is 14.9 Å². The minimum absolute atomic E-state index is 0.0644. The summed E-state index contributed by atoms with van der Waals surface area (Å²) >= 11 is 0. The van der Waals surface area contributed by atoms with Gasteiger partial charge in [-0.05, 0) is 54.1 Å². The first kappa shape index (κ1) is 18.1. The zero-order chi connectivity index (χ0) is 20.8. The molecule has 8 nitrogen and oxygen atoms in total. The third-order valence-corrected chi connectivity index (χ3v) is 5.50. The number of pyridine rings is 1. The quantitative estimate of drug-likeness (QED) is 0.260. The van der Waals surface area contributed by atoms with Crippen LogP contribution in [0.5, 0.6) is 0 Å². The van der Waals surface area contributed by atoms with Crippen LogP contribution in [0.15, 0.2) is 45.9 Å². The van der Waals surface area contributed by atoms with Gasteiger partial charge in [-0.15, -0.1) is 0 Å². The molecule has 0 amide bonds. The highest BCUT2D eigenvalue weighted by Crippen LogP contribution is 2.42. The summed E-state index contributed by atoms with van der Waals surface area (Å²) in [4.78, 5) is 24.0. The molecule has 0 radical (unpaired) electrons.